The largest absolute Gasteiger partial charge is 0.399 e. The molecule has 6 rings (SSSR count). The molecular weight excluding hydrogens is 757 g/mol. The maximum atomic E-state index is 13.8. The van der Waals surface area contributed by atoms with Crippen molar-refractivity contribution in [3.63, 3.8) is 0 Å². The molecule has 0 unspecified atom stereocenters. The number of azo groups is 2. The first kappa shape index (κ1) is 37.6. The molecule has 55 heavy (non-hydrogen) atoms. The number of anilines is 4. The van der Waals surface area contributed by atoms with Crippen molar-refractivity contribution in [2.24, 2.45) is 25.6 Å². The van der Waals surface area contributed by atoms with Crippen molar-refractivity contribution >= 4 is 89.0 Å². The van der Waals surface area contributed by atoms with Gasteiger partial charge in [0.05, 0.1) is 38.9 Å². The average Bonchev–Trinajstić information content (AvgIpc) is 3.13. The number of nitrogens with zero attached hydrogens (tertiary/aromatic N) is 6. The highest BCUT2D eigenvalue weighted by Crippen LogP contribution is 2.41. The summed E-state index contributed by atoms with van der Waals surface area (Å²) in [5.74, 6) is -1.16. The van der Waals surface area contributed by atoms with Gasteiger partial charge in [-0.15, -0.1) is 10.2 Å². The fraction of sp³-hybridized carbons (Fsp3) is 0. The molecule has 0 spiro atoms. The highest BCUT2D eigenvalue weighted by molar-refractivity contribution is 7.91. The van der Waals surface area contributed by atoms with E-state index in [4.69, 9.17) is 17.2 Å². The van der Waals surface area contributed by atoms with E-state index in [0.717, 1.165) is 35.4 Å². The molecule has 0 saturated heterocycles. The maximum Gasteiger partial charge on any atom is 0.296 e. The van der Waals surface area contributed by atoms with E-state index in [1.807, 2.05) is 12.1 Å². The Bertz CT molecular complexity index is 2730. The number of nitrogens with one attached hydrogen (secondary N) is 1. The number of carbonyl (C=O) groups excluding carboxylic acids is 1. The summed E-state index contributed by atoms with van der Waals surface area (Å²) in [5.41, 5.74) is 20.9. The van der Waals surface area contributed by atoms with Crippen molar-refractivity contribution in [3.8, 4) is 11.1 Å². The summed E-state index contributed by atoms with van der Waals surface area (Å²) in [4.78, 5) is 22.2. The molecule has 0 saturated carbocycles. The fourth-order valence-corrected chi connectivity index (χ4v) is 6.53. The molecule has 0 bridgehead atoms. The Labute approximate surface area is 311 Å². The van der Waals surface area contributed by atoms with Crippen LogP contribution in [0.1, 0.15) is 15.9 Å². The Kier molecular flexibility index (Phi) is 10.0. The van der Waals surface area contributed by atoms with Crippen molar-refractivity contribution in [2.75, 3.05) is 22.6 Å². The number of fused-ring (bicyclic) bond motifs is 1. The minimum absolute atomic E-state index is 0.0150. The van der Waals surface area contributed by atoms with Gasteiger partial charge in [0.2, 0.25) is 5.78 Å². The zero-order valence-corrected chi connectivity index (χ0v) is 29.4. The number of benzene rings is 5. The molecule has 0 amide bonds. The number of hydrogen-bond donors (Lipinski definition) is 6. The first-order valence-electron chi connectivity index (χ1n) is 15.4. The van der Waals surface area contributed by atoms with Crippen LogP contribution < -0.4 is 22.6 Å². The van der Waals surface area contributed by atoms with Gasteiger partial charge in [-0.05, 0) is 83.4 Å². The molecule has 21 heteroatoms. The number of ketones is 1. The van der Waals surface area contributed by atoms with Crippen molar-refractivity contribution in [1.29, 1.82) is 0 Å². The lowest BCUT2D eigenvalue weighted by Gasteiger charge is -2.20. The van der Waals surface area contributed by atoms with Gasteiger partial charge in [0.1, 0.15) is 21.2 Å². The molecule has 0 fully saturated rings. The van der Waals surface area contributed by atoms with Crippen LogP contribution in [0.15, 0.2) is 132 Å². The Morgan fingerprint density at radius 1 is 0.709 bits per heavy atom. The van der Waals surface area contributed by atoms with E-state index in [1.54, 1.807) is 54.6 Å². The maximum absolute atomic E-state index is 13.8. The Balaban J connectivity index is 1.28. The third-order valence-corrected chi connectivity index (χ3v) is 9.62. The fourth-order valence-electron chi connectivity index (χ4n) is 5.20. The van der Waals surface area contributed by atoms with Crippen LogP contribution in [0.5, 0.6) is 0 Å². The monoisotopic (exact) mass is 782 g/mol. The Morgan fingerprint density at radius 2 is 1.29 bits per heavy atom. The quantitative estimate of drug-likeness (QED) is 0.0274. The van der Waals surface area contributed by atoms with Crippen molar-refractivity contribution in [2.45, 2.75) is 4.90 Å². The molecule has 1 aliphatic carbocycles. The predicted octanol–water partition coefficient (Wildman–Crippen LogP) is 6.98. The molecule has 9 N–H and O–H groups in total. The Hall–Kier alpha value is -7.20. The number of rotatable bonds is 10. The summed E-state index contributed by atoms with van der Waals surface area (Å²) in [6.45, 7) is 0. The first-order chi connectivity index (χ1) is 26.0. The summed E-state index contributed by atoms with van der Waals surface area (Å²) in [6.07, 6.45) is 0.756. The zero-order valence-electron chi connectivity index (χ0n) is 27.8. The van der Waals surface area contributed by atoms with Gasteiger partial charge in [-0.3, -0.25) is 29.4 Å². The molecular formula is C34H26N10O9S2. The SMILES string of the molecule is Nc1ccc(N=Nc2ccc(-c3ccc(N/N=C4\C(=O)c5c(cc(S(=O)(=O)O)c(N=Nc6ccc([N+](=O)[O-])cc6)c5N)C=C4S(=O)(=O)O)cc3)cc2)c(N)c1. The van der Waals surface area contributed by atoms with Crippen LogP contribution in [0.4, 0.5) is 51.2 Å². The number of non-ortho nitro benzene ring substituents is 1. The van der Waals surface area contributed by atoms with E-state index in [0.29, 0.717) is 28.4 Å². The first-order valence-corrected chi connectivity index (χ1v) is 18.3. The van der Waals surface area contributed by atoms with Gasteiger partial charge in [-0.1, -0.05) is 24.3 Å². The molecule has 278 valence electrons. The second-order valence-electron chi connectivity index (χ2n) is 11.6. The molecule has 0 aliphatic heterocycles. The number of hydrazone groups is 1. The van der Waals surface area contributed by atoms with Crippen LogP contribution in [-0.2, 0) is 20.2 Å². The third-order valence-electron chi connectivity index (χ3n) is 7.88. The molecule has 1 aliphatic rings. The molecule has 19 nitrogen and oxygen atoms in total. The molecule has 0 radical (unpaired) electrons. The van der Waals surface area contributed by atoms with E-state index in [9.17, 15) is 40.8 Å². The normalized spacial score (nSPS) is 14.0. The second kappa shape index (κ2) is 14.7. The van der Waals surface area contributed by atoms with Gasteiger partial charge in [-0.2, -0.15) is 32.2 Å². The number of Topliss-reactive ketones (excluding diaryl/α,β-unsaturated/α-hetero) is 1. The van der Waals surface area contributed by atoms with Gasteiger partial charge in [0, 0.05) is 17.8 Å². The summed E-state index contributed by atoms with van der Waals surface area (Å²) < 4.78 is 69.5. The number of carbonyl (C=O) groups is 1. The van der Waals surface area contributed by atoms with Crippen molar-refractivity contribution < 1.29 is 35.7 Å². The number of nitro benzene ring substituents is 1. The van der Waals surface area contributed by atoms with E-state index >= 15 is 0 Å². The van der Waals surface area contributed by atoms with Crippen LogP contribution in [0, 0.1) is 10.1 Å². The number of hydrogen-bond acceptors (Lipinski definition) is 16. The third kappa shape index (κ3) is 8.23. The highest BCUT2D eigenvalue weighted by Gasteiger charge is 2.37. The number of nitro groups is 1. The summed E-state index contributed by atoms with van der Waals surface area (Å²) in [6, 6.07) is 23.9. The van der Waals surface area contributed by atoms with Crippen molar-refractivity contribution in [1.82, 2.24) is 0 Å². The minimum atomic E-state index is -5.15. The van der Waals surface area contributed by atoms with Crippen LogP contribution in [0.25, 0.3) is 17.2 Å². The van der Waals surface area contributed by atoms with E-state index in [1.165, 1.54) is 12.1 Å². The van der Waals surface area contributed by atoms with Gasteiger partial charge in [0.15, 0.2) is 5.71 Å². The second-order valence-corrected chi connectivity index (χ2v) is 14.4. The van der Waals surface area contributed by atoms with Gasteiger partial charge < -0.3 is 17.2 Å². The molecule has 0 atom stereocenters. The molecule has 5 aromatic rings. The lowest BCUT2D eigenvalue weighted by Crippen LogP contribution is -2.28. The van der Waals surface area contributed by atoms with E-state index in [-0.39, 0.29) is 11.4 Å². The van der Waals surface area contributed by atoms with Crippen LogP contribution >= 0.6 is 0 Å². The highest BCUT2D eigenvalue weighted by atomic mass is 32.2. The van der Waals surface area contributed by atoms with E-state index in [2.05, 4.69) is 31.0 Å². The molecule has 5 aromatic carbocycles. The lowest BCUT2D eigenvalue weighted by molar-refractivity contribution is -0.384. The molecule has 0 aromatic heterocycles. The number of nitrogens with two attached hydrogens (primary N) is 3. The predicted molar refractivity (Wildman–Crippen MR) is 204 cm³/mol. The number of allylic oxidation sites excluding steroid dienone is 1. The zero-order chi connectivity index (χ0) is 39.7. The van der Waals surface area contributed by atoms with Crippen LogP contribution in [0.3, 0.4) is 0 Å². The lowest BCUT2D eigenvalue weighted by atomic mass is 9.92. The molecule has 0 heterocycles. The summed E-state index contributed by atoms with van der Waals surface area (Å²) >= 11 is 0. The smallest absolute Gasteiger partial charge is 0.296 e. The number of nitrogen functional groups attached to an aromatic ring is 3. The minimum Gasteiger partial charge on any atom is -0.399 e. The van der Waals surface area contributed by atoms with Gasteiger partial charge in [-0.25, -0.2) is 0 Å². The average molecular weight is 783 g/mol. The van der Waals surface area contributed by atoms with Gasteiger partial charge in [0.25, 0.3) is 25.9 Å². The van der Waals surface area contributed by atoms with Crippen molar-refractivity contribution in [3.05, 3.63) is 123 Å². The standard InChI is InChI=1S/C34H26N10O9S2/c35-21-5-14-27(26(36)17-21)41-38-22-6-1-18(2-7-22)19-3-8-23(9-4-19)40-43-33-29(55(51,52)53)16-20-15-28(54(48,49)50)32(31(37)30(20)34(33)45)42-39-24-10-12-25(13-11-24)44(46)47/h1-17,40H,35-37H2,(H,48,49,50)(H,51,52,53)/b41-38?,42-39?,43-33-. The van der Waals surface area contributed by atoms with E-state index < -0.39 is 69.0 Å². The summed E-state index contributed by atoms with van der Waals surface area (Å²) in [5, 5.41) is 30.9. The van der Waals surface area contributed by atoms with Crippen LogP contribution in [-0.4, -0.2) is 42.4 Å². The Morgan fingerprint density at radius 3 is 1.85 bits per heavy atom. The topological polar surface area (TPSA) is 321 Å². The van der Waals surface area contributed by atoms with Crippen LogP contribution in [0.2, 0.25) is 0 Å². The summed E-state index contributed by atoms with van der Waals surface area (Å²) in [7, 11) is -10.3. The van der Waals surface area contributed by atoms with Gasteiger partial charge >= 0.3 is 0 Å².